The molecule has 0 radical (unpaired) electrons. The highest BCUT2D eigenvalue weighted by atomic mass is 32.1. The molecule has 0 saturated carbocycles. The van der Waals surface area contributed by atoms with Gasteiger partial charge in [-0.1, -0.05) is 24.3 Å². The number of thiophene rings is 1. The Hall–Kier alpha value is -1.61. The number of nitrogens with one attached hydrogen (secondary N) is 1. The Morgan fingerprint density at radius 3 is 2.68 bits per heavy atom. The van der Waals surface area contributed by atoms with E-state index in [1.54, 1.807) is 11.3 Å². The number of carbonyl (C=O) groups excluding carboxylic acids is 1. The molecule has 1 aromatic carbocycles. The lowest BCUT2D eigenvalue weighted by Gasteiger charge is -2.15. The van der Waals surface area contributed by atoms with E-state index in [4.69, 9.17) is 0 Å². The van der Waals surface area contributed by atoms with Gasteiger partial charge in [0.15, 0.2) is 0 Å². The number of hydrogen-bond donors (Lipinski definition) is 1. The van der Waals surface area contributed by atoms with Crippen molar-refractivity contribution >= 4 is 17.2 Å². The fourth-order valence-corrected chi connectivity index (χ4v) is 2.68. The van der Waals surface area contributed by atoms with Crippen molar-refractivity contribution in [2.45, 2.75) is 33.2 Å². The van der Waals surface area contributed by atoms with Crippen LogP contribution in [0.5, 0.6) is 0 Å². The Morgan fingerprint density at radius 2 is 2.05 bits per heavy atom. The first-order valence-corrected chi connectivity index (χ1v) is 7.33. The average Bonchev–Trinajstić information content (AvgIpc) is 2.85. The predicted octanol–water partition coefficient (Wildman–Crippen LogP) is 3.78. The molecule has 0 bridgehead atoms. The second kappa shape index (κ2) is 6.02. The van der Waals surface area contributed by atoms with E-state index in [0.717, 1.165) is 10.4 Å². The maximum Gasteiger partial charge on any atom is 0.225 e. The number of aryl methyl sites for hydroxylation is 2. The summed E-state index contributed by atoms with van der Waals surface area (Å²) in [5, 5.41) is 5.04. The first kappa shape index (κ1) is 13.8. The van der Waals surface area contributed by atoms with Gasteiger partial charge in [0, 0.05) is 4.88 Å². The van der Waals surface area contributed by atoms with Crippen LogP contribution >= 0.6 is 11.3 Å². The zero-order valence-corrected chi connectivity index (χ0v) is 12.4. The fraction of sp³-hybridized carbons (Fsp3) is 0.312. The molecule has 1 heterocycles. The van der Waals surface area contributed by atoms with Gasteiger partial charge in [-0.2, -0.15) is 0 Å². The minimum absolute atomic E-state index is 0.0479. The third kappa shape index (κ3) is 3.67. The lowest BCUT2D eigenvalue weighted by molar-refractivity contribution is -0.121. The average molecular weight is 273 g/mol. The Balaban J connectivity index is 1.98. The lowest BCUT2D eigenvalue weighted by Crippen LogP contribution is -2.27. The molecular formula is C16H19NOS. The van der Waals surface area contributed by atoms with E-state index in [0.29, 0.717) is 6.42 Å². The Morgan fingerprint density at radius 1 is 1.26 bits per heavy atom. The minimum Gasteiger partial charge on any atom is -0.349 e. The Bertz CT molecular complexity index is 560. The van der Waals surface area contributed by atoms with Crippen LogP contribution in [-0.4, -0.2) is 5.91 Å². The van der Waals surface area contributed by atoms with E-state index in [9.17, 15) is 4.79 Å². The SMILES string of the molecule is Cc1ccc([C@@H](C)NC(=O)Cc2cccs2)cc1C. The van der Waals surface area contributed by atoms with Crippen molar-refractivity contribution in [3.8, 4) is 0 Å². The zero-order valence-electron chi connectivity index (χ0n) is 11.6. The highest BCUT2D eigenvalue weighted by molar-refractivity contribution is 7.10. The number of rotatable bonds is 4. The van der Waals surface area contributed by atoms with Gasteiger partial charge < -0.3 is 5.32 Å². The molecule has 0 aliphatic carbocycles. The molecule has 100 valence electrons. The normalized spacial score (nSPS) is 12.2. The van der Waals surface area contributed by atoms with Crippen LogP contribution in [0.1, 0.15) is 34.5 Å². The molecule has 2 rings (SSSR count). The van der Waals surface area contributed by atoms with Crippen LogP contribution in [-0.2, 0) is 11.2 Å². The summed E-state index contributed by atoms with van der Waals surface area (Å²) < 4.78 is 0. The zero-order chi connectivity index (χ0) is 13.8. The number of amides is 1. The van der Waals surface area contributed by atoms with Crippen LogP contribution in [0.15, 0.2) is 35.7 Å². The van der Waals surface area contributed by atoms with Crippen molar-refractivity contribution < 1.29 is 4.79 Å². The Labute approximate surface area is 118 Å². The van der Waals surface area contributed by atoms with Crippen molar-refractivity contribution in [1.82, 2.24) is 5.32 Å². The van der Waals surface area contributed by atoms with E-state index in [2.05, 4.69) is 37.4 Å². The summed E-state index contributed by atoms with van der Waals surface area (Å²) in [4.78, 5) is 13.0. The molecule has 1 aromatic heterocycles. The van der Waals surface area contributed by atoms with Crippen LogP contribution in [0.2, 0.25) is 0 Å². The van der Waals surface area contributed by atoms with Gasteiger partial charge in [0.1, 0.15) is 0 Å². The first-order valence-electron chi connectivity index (χ1n) is 6.45. The molecule has 2 nitrogen and oxygen atoms in total. The van der Waals surface area contributed by atoms with Crippen molar-refractivity contribution in [1.29, 1.82) is 0 Å². The first-order chi connectivity index (χ1) is 9.06. The third-order valence-corrected chi connectivity index (χ3v) is 4.20. The van der Waals surface area contributed by atoms with Crippen LogP contribution in [0.25, 0.3) is 0 Å². The molecule has 1 atom stereocenters. The standard InChI is InChI=1S/C16H19NOS/c1-11-6-7-14(9-12(11)2)13(3)17-16(18)10-15-5-4-8-19-15/h4-9,13H,10H2,1-3H3,(H,17,18)/t13-/m1/s1. The molecule has 1 N–H and O–H groups in total. The highest BCUT2D eigenvalue weighted by Gasteiger charge is 2.11. The topological polar surface area (TPSA) is 29.1 Å². The predicted molar refractivity (Wildman–Crippen MR) is 80.5 cm³/mol. The molecule has 0 unspecified atom stereocenters. The lowest BCUT2D eigenvalue weighted by atomic mass is 10.0. The van der Waals surface area contributed by atoms with Gasteiger partial charge in [-0.05, 0) is 48.9 Å². The summed E-state index contributed by atoms with van der Waals surface area (Å²) in [5.41, 5.74) is 3.69. The summed E-state index contributed by atoms with van der Waals surface area (Å²) in [5.74, 6) is 0.0770. The van der Waals surface area contributed by atoms with Gasteiger partial charge in [-0.3, -0.25) is 4.79 Å². The highest BCUT2D eigenvalue weighted by Crippen LogP contribution is 2.17. The van der Waals surface area contributed by atoms with E-state index in [1.165, 1.54) is 11.1 Å². The molecule has 0 aliphatic rings. The summed E-state index contributed by atoms with van der Waals surface area (Å²) in [6.45, 7) is 6.22. The van der Waals surface area contributed by atoms with Crippen molar-refractivity contribution in [2.24, 2.45) is 0 Å². The second-order valence-corrected chi connectivity index (χ2v) is 5.92. The van der Waals surface area contributed by atoms with E-state index < -0.39 is 0 Å². The number of hydrogen-bond acceptors (Lipinski definition) is 2. The van der Waals surface area contributed by atoms with Crippen LogP contribution in [0.4, 0.5) is 0 Å². The smallest absolute Gasteiger partial charge is 0.225 e. The van der Waals surface area contributed by atoms with Crippen LogP contribution in [0.3, 0.4) is 0 Å². The van der Waals surface area contributed by atoms with Gasteiger partial charge in [-0.25, -0.2) is 0 Å². The molecule has 0 saturated heterocycles. The molecule has 0 spiro atoms. The summed E-state index contributed by atoms with van der Waals surface area (Å²) in [7, 11) is 0. The molecule has 19 heavy (non-hydrogen) atoms. The van der Waals surface area contributed by atoms with E-state index in [-0.39, 0.29) is 11.9 Å². The van der Waals surface area contributed by atoms with Gasteiger partial charge in [0.25, 0.3) is 0 Å². The van der Waals surface area contributed by atoms with Gasteiger partial charge in [-0.15, -0.1) is 11.3 Å². The summed E-state index contributed by atoms with van der Waals surface area (Å²) in [6.07, 6.45) is 0.465. The minimum atomic E-state index is 0.0479. The van der Waals surface area contributed by atoms with Gasteiger partial charge >= 0.3 is 0 Å². The van der Waals surface area contributed by atoms with Gasteiger partial charge in [0.05, 0.1) is 12.5 Å². The molecule has 0 fully saturated rings. The molecule has 1 amide bonds. The van der Waals surface area contributed by atoms with Crippen molar-refractivity contribution in [3.05, 3.63) is 57.3 Å². The summed E-state index contributed by atoms with van der Waals surface area (Å²) in [6, 6.07) is 10.3. The molecular weight excluding hydrogens is 254 g/mol. The maximum absolute atomic E-state index is 11.9. The number of carbonyl (C=O) groups is 1. The summed E-state index contributed by atoms with van der Waals surface area (Å²) >= 11 is 1.62. The second-order valence-electron chi connectivity index (χ2n) is 4.89. The van der Waals surface area contributed by atoms with Crippen LogP contribution in [0, 0.1) is 13.8 Å². The molecule has 2 aromatic rings. The molecule has 3 heteroatoms. The van der Waals surface area contributed by atoms with Crippen molar-refractivity contribution in [2.75, 3.05) is 0 Å². The molecule has 0 aliphatic heterocycles. The third-order valence-electron chi connectivity index (χ3n) is 3.32. The van der Waals surface area contributed by atoms with E-state index in [1.807, 2.05) is 24.4 Å². The monoisotopic (exact) mass is 273 g/mol. The van der Waals surface area contributed by atoms with Crippen molar-refractivity contribution in [3.63, 3.8) is 0 Å². The quantitative estimate of drug-likeness (QED) is 0.902. The largest absolute Gasteiger partial charge is 0.349 e. The van der Waals surface area contributed by atoms with Gasteiger partial charge in [0.2, 0.25) is 5.91 Å². The number of benzene rings is 1. The fourth-order valence-electron chi connectivity index (χ4n) is 1.98. The van der Waals surface area contributed by atoms with Crippen LogP contribution < -0.4 is 5.32 Å². The Kier molecular flexibility index (Phi) is 4.38. The van der Waals surface area contributed by atoms with E-state index >= 15 is 0 Å². The maximum atomic E-state index is 11.9.